The smallest absolute Gasteiger partial charge is 0.261 e. The Kier molecular flexibility index (Phi) is 4.12. The Morgan fingerprint density at radius 1 is 1.22 bits per heavy atom. The summed E-state index contributed by atoms with van der Waals surface area (Å²) in [6.07, 6.45) is 0. The van der Waals surface area contributed by atoms with E-state index in [1.165, 1.54) is 12.1 Å². The van der Waals surface area contributed by atoms with E-state index in [1.54, 1.807) is 43.3 Å². The number of carbonyl (C=O) groups is 1. The molecule has 0 saturated carbocycles. The molecule has 0 atom stereocenters. The molecule has 6 heteroatoms. The highest BCUT2D eigenvalue weighted by atomic mass is 35.5. The average Bonchev–Trinajstić information content (AvgIpc) is 2.91. The van der Waals surface area contributed by atoms with Gasteiger partial charge in [0.25, 0.3) is 5.91 Å². The molecule has 1 aromatic heterocycles. The molecule has 0 spiro atoms. The third kappa shape index (κ3) is 3.24. The first-order valence-corrected chi connectivity index (χ1v) is 7.21. The van der Waals surface area contributed by atoms with Crippen LogP contribution in [-0.2, 0) is 0 Å². The fourth-order valence-electron chi connectivity index (χ4n) is 2.20. The van der Waals surface area contributed by atoms with E-state index in [0.29, 0.717) is 27.7 Å². The molecule has 3 aromatic rings. The Hall–Kier alpha value is -2.66. The molecule has 0 unspecified atom stereocenters. The van der Waals surface area contributed by atoms with Gasteiger partial charge in [0.1, 0.15) is 22.8 Å². The summed E-state index contributed by atoms with van der Waals surface area (Å²) in [5, 5.41) is 7.20. The number of amides is 1. The van der Waals surface area contributed by atoms with E-state index in [-0.39, 0.29) is 11.5 Å². The zero-order valence-electron chi connectivity index (χ0n) is 12.1. The monoisotopic (exact) mass is 330 g/mol. The van der Waals surface area contributed by atoms with Crippen molar-refractivity contribution in [2.24, 2.45) is 0 Å². The molecule has 0 radical (unpaired) electrons. The van der Waals surface area contributed by atoms with Crippen molar-refractivity contribution >= 4 is 23.2 Å². The number of carbonyl (C=O) groups excluding carboxylic acids is 1. The minimum absolute atomic E-state index is 0.269. The topological polar surface area (TPSA) is 55.1 Å². The summed E-state index contributed by atoms with van der Waals surface area (Å²) in [5.41, 5.74) is 1.63. The normalized spacial score (nSPS) is 10.6. The first-order valence-electron chi connectivity index (χ1n) is 6.84. The highest BCUT2D eigenvalue weighted by Crippen LogP contribution is 2.26. The molecule has 4 nitrogen and oxygen atoms in total. The van der Waals surface area contributed by atoms with Gasteiger partial charge >= 0.3 is 0 Å². The summed E-state index contributed by atoms with van der Waals surface area (Å²) in [7, 11) is 0. The largest absolute Gasteiger partial charge is 0.360 e. The number of aromatic nitrogens is 1. The minimum Gasteiger partial charge on any atom is -0.360 e. The number of hydrogen-bond donors (Lipinski definition) is 1. The molecule has 3 rings (SSSR count). The predicted molar refractivity (Wildman–Crippen MR) is 86.0 cm³/mol. The van der Waals surface area contributed by atoms with Crippen LogP contribution in [0.5, 0.6) is 0 Å². The maximum atomic E-state index is 13.4. The van der Waals surface area contributed by atoms with Gasteiger partial charge in [-0.3, -0.25) is 4.79 Å². The van der Waals surface area contributed by atoms with E-state index in [0.717, 1.165) is 0 Å². The molecule has 1 N–H and O–H groups in total. The zero-order chi connectivity index (χ0) is 16.4. The van der Waals surface area contributed by atoms with Crippen molar-refractivity contribution < 1.29 is 13.7 Å². The van der Waals surface area contributed by atoms with Gasteiger partial charge in [-0.1, -0.05) is 28.9 Å². The molecular formula is C17H12ClFN2O2. The maximum absolute atomic E-state index is 13.4. The molecule has 0 fully saturated rings. The molecule has 0 aliphatic rings. The van der Waals surface area contributed by atoms with Gasteiger partial charge in [0.05, 0.1) is 0 Å². The molecule has 116 valence electrons. The molecule has 23 heavy (non-hydrogen) atoms. The number of hydrogen-bond acceptors (Lipinski definition) is 3. The van der Waals surface area contributed by atoms with Crippen molar-refractivity contribution in [1.29, 1.82) is 0 Å². The van der Waals surface area contributed by atoms with E-state index < -0.39 is 5.82 Å². The first kappa shape index (κ1) is 15.2. The van der Waals surface area contributed by atoms with Crippen LogP contribution in [0.3, 0.4) is 0 Å². The van der Waals surface area contributed by atoms with Crippen LogP contribution in [0, 0.1) is 12.7 Å². The fraction of sp³-hybridized carbons (Fsp3) is 0.0588. The molecule has 0 aliphatic carbocycles. The minimum atomic E-state index is -0.410. The second kappa shape index (κ2) is 6.22. The third-order valence-corrected chi connectivity index (χ3v) is 3.54. The van der Waals surface area contributed by atoms with Crippen LogP contribution < -0.4 is 5.32 Å². The molecule has 2 aromatic carbocycles. The highest BCUT2D eigenvalue weighted by molar-refractivity contribution is 6.30. The number of rotatable bonds is 3. The van der Waals surface area contributed by atoms with Crippen molar-refractivity contribution in [3.05, 3.63) is 70.7 Å². The van der Waals surface area contributed by atoms with E-state index in [4.69, 9.17) is 16.1 Å². The van der Waals surface area contributed by atoms with Crippen molar-refractivity contribution in [3.8, 4) is 11.3 Å². The van der Waals surface area contributed by atoms with Crippen molar-refractivity contribution in [2.45, 2.75) is 6.92 Å². The predicted octanol–water partition coefficient (Wildman–Crippen LogP) is 4.69. The van der Waals surface area contributed by atoms with Crippen LogP contribution in [0.25, 0.3) is 11.3 Å². The second-order valence-corrected chi connectivity index (χ2v) is 5.37. The fourth-order valence-corrected chi connectivity index (χ4v) is 2.33. The Bertz CT molecular complexity index is 859. The molecular weight excluding hydrogens is 319 g/mol. The number of halogens is 2. The van der Waals surface area contributed by atoms with Crippen LogP contribution in [0.4, 0.5) is 10.1 Å². The number of nitrogens with zero attached hydrogens (tertiary/aromatic N) is 1. The van der Waals surface area contributed by atoms with E-state index in [9.17, 15) is 9.18 Å². The Labute approximate surface area is 136 Å². The summed E-state index contributed by atoms with van der Waals surface area (Å²) in [6.45, 7) is 1.63. The van der Waals surface area contributed by atoms with E-state index >= 15 is 0 Å². The van der Waals surface area contributed by atoms with Gasteiger partial charge < -0.3 is 9.84 Å². The van der Waals surface area contributed by atoms with Crippen LogP contribution >= 0.6 is 11.6 Å². The number of nitrogens with one attached hydrogen (secondary N) is 1. The summed E-state index contributed by atoms with van der Waals surface area (Å²) >= 11 is 5.82. The van der Waals surface area contributed by atoms with Crippen molar-refractivity contribution in [3.63, 3.8) is 0 Å². The summed E-state index contributed by atoms with van der Waals surface area (Å²) in [4.78, 5) is 12.5. The van der Waals surface area contributed by atoms with Gasteiger partial charge in [0, 0.05) is 16.3 Å². The molecule has 1 amide bonds. The number of aryl methyl sites for hydroxylation is 1. The van der Waals surface area contributed by atoms with Crippen molar-refractivity contribution in [1.82, 2.24) is 5.16 Å². The van der Waals surface area contributed by atoms with Crippen molar-refractivity contribution in [2.75, 3.05) is 5.32 Å². The average molecular weight is 331 g/mol. The Morgan fingerprint density at radius 3 is 2.65 bits per heavy atom. The Morgan fingerprint density at radius 2 is 1.96 bits per heavy atom. The lowest BCUT2D eigenvalue weighted by atomic mass is 10.1. The third-order valence-electron chi connectivity index (χ3n) is 3.29. The van der Waals surface area contributed by atoms with Gasteiger partial charge in [-0.25, -0.2) is 4.39 Å². The molecule has 1 heterocycles. The van der Waals surface area contributed by atoms with Crippen LogP contribution in [0.1, 0.15) is 16.1 Å². The van der Waals surface area contributed by atoms with Gasteiger partial charge in [-0.15, -0.1) is 0 Å². The first-order chi connectivity index (χ1) is 11.0. The SMILES string of the molecule is Cc1onc(-c2cccc(F)c2)c1C(=O)Nc1ccc(Cl)cc1. The van der Waals surface area contributed by atoms with Gasteiger partial charge in [-0.2, -0.15) is 0 Å². The maximum Gasteiger partial charge on any atom is 0.261 e. The van der Waals surface area contributed by atoms with Crippen LogP contribution in [0.2, 0.25) is 5.02 Å². The lowest BCUT2D eigenvalue weighted by Gasteiger charge is -2.06. The second-order valence-electron chi connectivity index (χ2n) is 4.93. The summed E-state index contributed by atoms with van der Waals surface area (Å²) in [6, 6.07) is 12.6. The van der Waals surface area contributed by atoms with Gasteiger partial charge in [0.15, 0.2) is 0 Å². The van der Waals surface area contributed by atoms with Crippen LogP contribution in [0.15, 0.2) is 53.1 Å². The van der Waals surface area contributed by atoms with E-state index in [1.807, 2.05) is 0 Å². The quantitative estimate of drug-likeness (QED) is 0.757. The zero-order valence-corrected chi connectivity index (χ0v) is 12.9. The lowest BCUT2D eigenvalue weighted by molar-refractivity contribution is 0.102. The summed E-state index contributed by atoms with van der Waals surface area (Å²) in [5.74, 6) is -0.437. The molecule has 0 aliphatic heterocycles. The number of benzene rings is 2. The number of anilines is 1. The standard InChI is InChI=1S/C17H12ClFN2O2/c1-10-15(17(22)20-14-7-5-12(18)6-8-14)16(21-23-10)11-3-2-4-13(19)9-11/h2-9H,1H3,(H,20,22). The van der Waals surface area contributed by atoms with Gasteiger partial charge in [-0.05, 0) is 43.3 Å². The summed E-state index contributed by atoms with van der Waals surface area (Å²) < 4.78 is 18.5. The highest BCUT2D eigenvalue weighted by Gasteiger charge is 2.22. The lowest BCUT2D eigenvalue weighted by Crippen LogP contribution is -2.13. The van der Waals surface area contributed by atoms with E-state index in [2.05, 4.69) is 10.5 Å². The molecule has 0 bridgehead atoms. The van der Waals surface area contributed by atoms with Gasteiger partial charge in [0.2, 0.25) is 0 Å². The van der Waals surface area contributed by atoms with Crippen LogP contribution in [-0.4, -0.2) is 11.1 Å². The molecule has 0 saturated heterocycles. The Balaban J connectivity index is 1.95.